The van der Waals surface area contributed by atoms with E-state index in [-0.39, 0.29) is 0 Å². The van der Waals surface area contributed by atoms with Crippen LogP contribution in [0.15, 0.2) is 48.5 Å². The summed E-state index contributed by atoms with van der Waals surface area (Å²) in [7, 11) is 1.48. The first-order valence-electron chi connectivity index (χ1n) is 7.98. The quantitative estimate of drug-likeness (QED) is 0.792. The average Bonchev–Trinajstić information content (AvgIpc) is 2.64. The van der Waals surface area contributed by atoms with Gasteiger partial charge in [-0.15, -0.1) is 0 Å². The maximum absolute atomic E-state index is 12.4. The van der Waals surface area contributed by atoms with E-state index < -0.39 is 11.8 Å². The van der Waals surface area contributed by atoms with Gasteiger partial charge in [-0.25, -0.2) is 0 Å². The van der Waals surface area contributed by atoms with Crippen molar-refractivity contribution in [2.45, 2.75) is 13.8 Å². The highest BCUT2D eigenvalue weighted by Gasteiger charge is 2.15. The molecule has 0 aliphatic rings. The van der Waals surface area contributed by atoms with Gasteiger partial charge in [0.25, 0.3) is 11.8 Å². The fourth-order valence-electron chi connectivity index (χ4n) is 2.12. The Balaban J connectivity index is 2.04. The summed E-state index contributed by atoms with van der Waals surface area (Å²) in [5.41, 5.74) is 5.47. The van der Waals surface area contributed by atoms with E-state index in [0.29, 0.717) is 35.2 Å². The van der Waals surface area contributed by atoms with E-state index in [9.17, 15) is 9.59 Å². The van der Waals surface area contributed by atoms with Crippen LogP contribution in [0.5, 0.6) is 11.5 Å². The van der Waals surface area contributed by atoms with E-state index in [2.05, 4.69) is 10.9 Å². The molecule has 6 nitrogen and oxygen atoms in total. The van der Waals surface area contributed by atoms with Crippen LogP contribution in [0.2, 0.25) is 0 Å². The van der Waals surface area contributed by atoms with Crippen LogP contribution in [0.25, 0.3) is 0 Å². The third kappa shape index (κ3) is 4.97. The Labute approximate surface area is 147 Å². The Morgan fingerprint density at radius 2 is 1.36 bits per heavy atom. The molecule has 0 radical (unpaired) electrons. The molecule has 0 aromatic heterocycles. The maximum atomic E-state index is 12.4. The number of benzene rings is 2. The van der Waals surface area contributed by atoms with Crippen LogP contribution in [0.3, 0.4) is 0 Å². The number of nitrogens with one attached hydrogen (secondary N) is 2. The summed E-state index contributed by atoms with van der Waals surface area (Å²) in [6.45, 7) is 4.55. The Morgan fingerprint density at radius 3 is 1.88 bits per heavy atom. The summed E-state index contributed by atoms with van der Waals surface area (Å²) in [6.07, 6.45) is 0. The lowest BCUT2D eigenvalue weighted by Gasteiger charge is -2.14. The summed E-state index contributed by atoms with van der Waals surface area (Å²) in [4.78, 5) is 24.6. The Bertz CT molecular complexity index is 744. The summed E-state index contributed by atoms with van der Waals surface area (Å²) < 4.78 is 10.8. The molecule has 0 aliphatic heterocycles. The molecule has 0 unspecified atom stereocenters. The zero-order valence-corrected chi connectivity index (χ0v) is 14.5. The van der Waals surface area contributed by atoms with Crippen molar-refractivity contribution in [1.29, 1.82) is 0 Å². The van der Waals surface area contributed by atoms with Crippen molar-refractivity contribution in [1.82, 2.24) is 10.9 Å². The third-order valence-electron chi connectivity index (χ3n) is 3.35. The lowest BCUT2D eigenvalue weighted by atomic mass is 10.2. The molecule has 0 heterocycles. The maximum Gasteiger partial charge on any atom is 0.273 e. The first-order valence-corrected chi connectivity index (χ1v) is 7.98. The van der Waals surface area contributed by atoms with Crippen LogP contribution in [0.4, 0.5) is 0 Å². The number of amides is 2. The molecule has 0 spiro atoms. The fourth-order valence-corrected chi connectivity index (χ4v) is 2.12. The number of carbonyl (C=O) groups is 2. The predicted octanol–water partition coefficient (Wildman–Crippen LogP) is 2.80. The van der Waals surface area contributed by atoms with Crippen LogP contribution in [0, 0.1) is 5.92 Å². The molecule has 0 fully saturated rings. The van der Waals surface area contributed by atoms with Gasteiger partial charge < -0.3 is 9.47 Å². The summed E-state index contributed by atoms with van der Waals surface area (Å²) in [5, 5.41) is 0. The van der Waals surface area contributed by atoms with Crippen molar-refractivity contribution in [3.63, 3.8) is 0 Å². The third-order valence-corrected chi connectivity index (χ3v) is 3.35. The molecular weight excluding hydrogens is 320 g/mol. The van der Waals surface area contributed by atoms with Gasteiger partial charge in [0.2, 0.25) is 0 Å². The van der Waals surface area contributed by atoms with Crippen LogP contribution in [-0.4, -0.2) is 25.5 Å². The molecular formula is C19H22N2O4. The molecule has 0 saturated carbocycles. The van der Waals surface area contributed by atoms with Gasteiger partial charge in [0.1, 0.15) is 11.5 Å². The molecule has 0 bridgehead atoms. The largest absolute Gasteiger partial charge is 0.496 e. The number of hydrogen-bond donors (Lipinski definition) is 2. The van der Waals surface area contributed by atoms with E-state index in [1.54, 1.807) is 48.5 Å². The minimum Gasteiger partial charge on any atom is -0.496 e. The van der Waals surface area contributed by atoms with E-state index in [1.165, 1.54) is 7.11 Å². The van der Waals surface area contributed by atoms with Crippen molar-refractivity contribution < 1.29 is 19.1 Å². The Hall–Kier alpha value is -3.02. The molecule has 6 heteroatoms. The molecule has 2 amide bonds. The van der Waals surface area contributed by atoms with Crippen molar-refractivity contribution in [3.8, 4) is 11.5 Å². The van der Waals surface area contributed by atoms with Gasteiger partial charge in [0.05, 0.1) is 24.8 Å². The molecule has 0 atom stereocenters. The van der Waals surface area contributed by atoms with Gasteiger partial charge in [0.15, 0.2) is 0 Å². The first-order chi connectivity index (χ1) is 12.0. The first kappa shape index (κ1) is 18.3. The van der Waals surface area contributed by atoms with Crippen molar-refractivity contribution in [2.24, 2.45) is 5.92 Å². The standard InChI is InChI=1S/C19H22N2O4/c1-13(2)12-25-17-11-7-5-9-15(17)19(23)21-20-18(22)14-8-4-6-10-16(14)24-3/h4-11,13H,12H2,1-3H3,(H,20,22)(H,21,23). The van der Waals surface area contributed by atoms with Gasteiger partial charge >= 0.3 is 0 Å². The predicted molar refractivity (Wildman–Crippen MR) is 94.7 cm³/mol. The molecule has 25 heavy (non-hydrogen) atoms. The number of methoxy groups -OCH3 is 1. The van der Waals surface area contributed by atoms with Crippen molar-refractivity contribution in [2.75, 3.05) is 13.7 Å². The second-order valence-corrected chi connectivity index (χ2v) is 5.81. The Morgan fingerprint density at radius 1 is 0.880 bits per heavy atom. The number of rotatable bonds is 6. The zero-order chi connectivity index (χ0) is 18.2. The second-order valence-electron chi connectivity index (χ2n) is 5.81. The van der Waals surface area contributed by atoms with Gasteiger partial charge in [-0.2, -0.15) is 0 Å². The number of hydrazine groups is 1. The molecule has 132 valence electrons. The SMILES string of the molecule is COc1ccccc1C(=O)NNC(=O)c1ccccc1OCC(C)C. The molecule has 0 aliphatic carbocycles. The zero-order valence-electron chi connectivity index (χ0n) is 14.5. The van der Waals surface area contributed by atoms with Crippen molar-refractivity contribution >= 4 is 11.8 Å². The average molecular weight is 342 g/mol. The lowest BCUT2D eigenvalue weighted by molar-refractivity contribution is 0.0842. The van der Waals surface area contributed by atoms with Crippen LogP contribution in [0.1, 0.15) is 34.6 Å². The number of carbonyl (C=O) groups excluding carboxylic acids is 2. The van der Waals surface area contributed by atoms with Gasteiger partial charge in [0, 0.05) is 0 Å². The van der Waals surface area contributed by atoms with Gasteiger partial charge in [-0.1, -0.05) is 38.1 Å². The lowest BCUT2D eigenvalue weighted by Crippen LogP contribution is -2.41. The molecule has 2 rings (SSSR count). The highest BCUT2D eigenvalue weighted by Crippen LogP contribution is 2.19. The second kappa shape index (κ2) is 8.73. The van der Waals surface area contributed by atoms with Crippen LogP contribution >= 0.6 is 0 Å². The number of hydrogen-bond acceptors (Lipinski definition) is 4. The topological polar surface area (TPSA) is 76.7 Å². The molecule has 2 N–H and O–H groups in total. The number of para-hydroxylation sites is 2. The minimum atomic E-state index is -0.466. The number of ether oxygens (including phenoxy) is 2. The summed E-state index contributed by atoms with van der Waals surface area (Å²) in [6, 6.07) is 13.6. The van der Waals surface area contributed by atoms with Crippen molar-refractivity contribution in [3.05, 3.63) is 59.7 Å². The van der Waals surface area contributed by atoms with Crippen LogP contribution in [-0.2, 0) is 0 Å². The van der Waals surface area contributed by atoms with Gasteiger partial charge in [-0.05, 0) is 30.2 Å². The minimum absolute atomic E-state index is 0.328. The fraction of sp³-hybridized carbons (Fsp3) is 0.263. The van der Waals surface area contributed by atoms with E-state index in [1.807, 2.05) is 13.8 Å². The van der Waals surface area contributed by atoms with Gasteiger partial charge in [-0.3, -0.25) is 20.4 Å². The monoisotopic (exact) mass is 342 g/mol. The normalized spacial score (nSPS) is 10.2. The molecule has 0 saturated heterocycles. The van der Waals surface area contributed by atoms with Crippen LogP contribution < -0.4 is 20.3 Å². The summed E-state index contributed by atoms with van der Waals surface area (Å²) >= 11 is 0. The summed E-state index contributed by atoms with van der Waals surface area (Å²) in [5.74, 6) is 0.311. The highest BCUT2D eigenvalue weighted by atomic mass is 16.5. The van der Waals surface area contributed by atoms with E-state index in [4.69, 9.17) is 9.47 Å². The Kier molecular flexibility index (Phi) is 6.39. The highest BCUT2D eigenvalue weighted by molar-refractivity contribution is 6.01. The molecule has 2 aromatic rings. The van der Waals surface area contributed by atoms with E-state index in [0.717, 1.165) is 0 Å². The molecule has 2 aromatic carbocycles. The van der Waals surface area contributed by atoms with E-state index >= 15 is 0 Å². The smallest absolute Gasteiger partial charge is 0.273 e.